The third kappa shape index (κ3) is 2.53. The van der Waals surface area contributed by atoms with Crippen LogP contribution in [0.15, 0.2) is 18.3 Å². The maximum atomic E-state index is 11.9. The Morgan fingerprint density at radius 2 is 2.19 bits per heavy atom. The van der Waals surface area contributed by atoms with Gasteiger partial charge in [-0.3, -0.25) is 4.79 Å². The summed E-state index contributed by atoms with van der Waals surface area (Å²) in [4.78, 5) is 15.9. The van der Waals surface area contributed by atoms with Crippen LogP contribution in [-0.2, 0) is 14.9 Å². The van der Waals surface area contributed by atoms with E-state index in [4.69, 9.17) is 16.3 Å². The van der Waals surface area contributed by atoms with E-state index in [0.717, 1.165) is 5.56 Å². The van der Waals surface area contributed by atoms with Crippen LogP contribution >= 0.6 is 11.6 Å². The molecule has 0 aliphatic heterocycles. The molecular formula is C12H16ClNO2. The van der Waals surface area contributed by atoms with Crippen LogP contribution in [0.2, 0.25) is 5.15 Å². The number of ether oxygens (including phenoxy) is 1. The number of pyridine rings is 1. The van der Waals surface area contributed by atoms with Gasteiger partial charge >= 0.3 is 5.97 Å². The molecule has 1 rings (SSSR count). The highest BCUT2D eigenvalue weighted by molar-refractivity contribution is 6.29. The number of esters is 1. The molecule has 0 aliphatic carbocycles. The molecule has 1 aromatic heterocycles. The molecule has 0 bridgehead atoms. The maximum Gasteiger partial charge on any atom is 0.316 e. The second-order valence-electron chi connectivity index (χ2n) is 3.78. The van der Waals surface area contributed by atoms with Crippen molar-refractivity contribution in [2.24, 2.45) is 0 Å². The van der Waals surface area contributed by atoms with Gasteiger partial charge in [0.15, 0.2) is 0 Å². The summed E-state index contributed by atoms with van der Waals surface area (Å²) in [5.74, 6) is -0.221. The van der Waals surface area contributed by atoms with Crippen molar-refractivity contribution in [1.29, 1.82) is 0 Å². The van der Waals surface area contributed by atoms with Gasteiger partial charge in [-0.15, -0.1) is 0 Å². The highest BCUT2D eigenvalue weighted by Crippen LogP contribution is 2.29. The minimum absolute atomic E-state index is 0.221. The van der Waals surface area contributed by atoms with Crippen LogP contribution in [0.25, 0.3) is 0 Å². The fourth-order valence-electron chi connectivity index (χ4n) is 1.46. The standard InChI is InChI=1S/C12H16ClNO2/c1-4-12(3,11(15)16-5-2)9-6-7-10(13)14-8-9/h6-8H,4-5H2,1-3H3. The lowest BCUT2D eigenvalue weighted by Gasteiger charge is -2.25. The zero-order chi connectivity index (χ0) is 12.2. The average molecular weight is 242 g/mol. The van der Waals surface area contributed by atoms with Crippen molar-refractivity contribution in [2.45, 2.75) is 32.6 Å². The van der Waals surface area contributed by atoms with Crippen LogP contribution < -0.4 is 0 Å². The molecule has 1 unspecified atom stereocenters. The summed E-state index contributed by atoms with van der Waals surface area (Å²) >= 11 is 5.72. The van der Waals surface area contributed by atoms with E-state index in [-0.39, 0.29) is 5.97 Å². The highest BCUT2D eigenvalue weighted by Gasteiger charge is 2.35. The summed E-state index contributed by atoms with van der Waals surface area (Å²) in [6, 6.07) is 3.50. The summed E-state index contributed by atoms with van der Waals surface area (Å²) < 4.78 is 5.08. The van der Waals surface area contributed by atoms with Crippen LogP contribution in [0.5, 0.6) is 0 Å². The largest absolute Gasteiger partial charge is 0.465 e. The third-order valence-electron chi connectivity index (χ3n) is 2.80. The Hall–Kier alpha value is -1.09. The summed E-state index contributed by atoms with van der Waals surface area (Å²) in [5.41, 5.74) is 0.186. The highest BCUT2D eigenvalue weighted by atomic mass is 35.5. The second kappa shape index (κ2) is 5.30. The molecule has 0 radical (unpaired) electrons. The number of carbonyl (C=O) groups is 1. The zero-order valence-electron chi connectivity index (χ0n) is 9.79. The first kappa shape index (κ1) is 13.0. The number of aromatic nitrogens is 1. The normalized spacial score (nSPS) is 14.2. The van der Waals surface area contributed by atoms with Crippen molar-refractivity contribution in [1.82, 2.24) is 4.98 Å². The number of nitrogens with zero attached hydrogens (tertiary/aromatic N) is 1. The van der Waals surface area contributed by atoms with Crippen molar-refractivity contribution in [2.75, 3.05) is 6.61 Å². The molecule has 0 spiro atoms. The monoisotopic (exact) mass is 241 g/mol. The topological polar surface area (TPSA) is 39.2 Å². The lowest BCUT2D eigenvalue weighted by molar-refractivity contribution is -0.149. The van der Waals surface area contributed by atoms with E-state index in [1.165, 1.54) is 0 Å². The molecule has 0 saturated heterocycles. The molecule has 1 atom stereocenters. The van der Waals surface area contributed by atoms with Gasteiger partial charge < -0.3 is 4.74 Å². The molecule has 0 fully saturated rings. The minimum atomic E-state index is -0.645. The van der Waals surface area contributed by atoms with E-state index >= 15 is 0 Å². The van der Waals surface area contributed by atoms with Crippen LogP contribution in [0, 0.1) is 0 Å². The predicted molar refractivity (Wildman–Crippen MR) is 63.5 cm³/mol. The molecule has 88 valence electrons. The van der Waals surface area contributed by atoms with E-state index in [1.54, 1.807) is 19.2 Å². The number of hydrogen-bond donors (Lipinski definition) is 0. The maximum absolute atomic E-state index is 11.9. The lowest BCUT2D eigenvalue weighted by Crippen LogP contribution is -2.33. The Kier molecular flexibility index (Phi) is 4.30. The van der Waals surface area contributed by atoms with Crippen LogP contribution in [-0.4, -0.2) is 17.6 Å². The molecule has 16 heavy (non-hydrogen) atoms. The average Bonchev–Trinajstić information content (AvgIpc) is 2.29. The van der Waals surface area contributed by atoms with Gasteiger partial charge in [0.05, 0.1) is 12.0 Å². The smallest absolute Gasteiger partial charge is 0.316 e. The van der Waals surface area contributed by atoms with Gasteiger partial charge in [-0.2, -0.15) is 0 Å². The first-order valence-corrected chi connectivity index (χ1v) is 5.71. The molecule has 0 amide bonds. The van der Waals surface area contributed by atoms with Crippen molar-refractivity contribution >= 4 is 17.6 Å². The van der Waals surface area contributed by atoms with Crippen LogP contribution in [0.4, 0.5) is 0 Å². The zero-order valence-corrected chi connectivity index (χ0v) is 10.5. The lowest BCUT2D eigenvalue weighted by atomic mass is 9.81. The predicted octanol–water partition coefficient (Wildman–Crippen LogP) is 2.97. The SMILES string of the molecule is CCOC(=O)C(C)(CC)c1ccc(Cl)nc1. The molecule has 0 saturated carbocycles. The van der Waals surface area contributed by atoms with E-state index in [1.807, 2.05) is 19.9 Å². The summed E-state index contributed by atoms with van der Waals surface area (Å²) in [6.07, 6.45) is 2.29. The summed E-state index contributed by atoms with van der Waals surface area (Å²) in [5, 5.41) is 0.422. The Morgan fingerprint density at radius 1 is 1.50 bits per heavy atom. The first-order valence-electron chi connectivity index (χ1n) is 5.33. The van der Waals surface area contributed by atoms with Crippen LogP contribution in [0.3, 0.4) is 0 Å². The molecule has 1 aromatic rings. The van der Waals surface area contributed by atoms with Gasteiger partial charge in [-0.1, -0.05) is 24.6 Å². The van der Waals surface area contributed by atoms with E-state index in [9.17, 15) is 4.79 Å². The quantitative estimate of drug-likeness (QED) is 0.601. The molecule has 3 nitrogen and oxygen atoms in total. The molecule has 4 heteroatoms. The first-order chi connectivity index (χ1) is 7.54. The van der Waals surface area contributed by atoms with Gasteiger partial charge in [0.1, 0.15) is 5.15 Å². The molecule has 0 aliphatic rings. The Balaban J connectivity index is 3.04. The minimum Gasteiger partial charge on any atom is -0.465 e. The van der Waals surface area contributed by atoms with Crippen molar-refractivity contribution < 1.29 is 9.53 Å². The Labute approximate surface area is 101 Å². The second-order valence-corrected chi connectivity index (χ2v) is 4.16. The van der Waals surface area contributed by atoms with E-state index in [0.29, 0.717) is 18.2 Å². The third-order valence-corrected chi connectivity index (χ3v) is 3.02. The fraction of sp³-hybridized carbons (Fsp3) is 0.500. The van der Waals surface area contributed by atoms with Gasteiger partial charge in [0.2, 0.25) is 0 Å². The molecule has 0 N–H and O–H groups in total. The summed E-state index contributed by atoms with van der Waals surface area (Å²) in [7, 11) is 0. The molecule has 0 aromatic carbocycles. The molecule has 1 heterocycles. The van der Waals surface area contributed by atoms with E-state index < -0.39 is 5.41 Å². The van der Waals surface area contributed by atoms with Crippen molar-refractivity contribution in [3.63, 3.8) is 0 Å². The van der Waals surface area contributed by atoms with Crippen molar-refractivity contribution in [3.05, 3.63) is 29.0 Å². The molecular weight excluding hydrogens is 226 g/mol. The number of halogens is 1. The van der Waals surface area contributed by atoms with Gasteiger partial charge in [0, 0.05) is 6.20 Å². The number of hydrogen-bond acceptors (Lipinski definition) is 3. The van der Waals surface area contributed by atoms with Gasteiger partial charge in [-0.05, 0) is 31.9 Å². The Morgan fingerprint density at radius 3 is 2.62 bits per heavy atom. The van der Waals surface area contributed by atoms with Crippen LogP contribution in [0.1, 0.15) is 32.8 Å². The summed E-state index contributed by atoms with van der Waals surface area (Å²) in [6.45, 7) is 5.99. The van der Waals surface area contributed by atoms with Gasteiger partial charge in [0.25, 0.3) is 0 Å². The van der Waals surface area contributed by atoms with Crippen molar-refractivity contribution in [3.8, 4) is 0 Å². The Bertz CT molecular complexity index is 364. The number of carbonyl (C=O) groups excluding carboxylic acids is 1. The fourth-order valence-corrected chi connectivity index (χ4v) is 1.57. The number of rotatable bonds is 4. The van der Waals surface area contributed by atoms with Gasteiger partial charge in [-0.25, -0.2) is 4.98 Å². The van der Waals surface area contributed by atoms with E-state index in [2.05, 4.69) is 4.98 Å².